The largest absolute Gasteiger partial charge is 0.456 e. The summed E-state index contributed by atoms with van der Waals surface area (Å²) in [7, 11) is -5.97. The summed E-state index contributed by atoms with van der Waals surface area (Å²) in [5.41, 5.74) is 0.784. The van der Waals surface area contributed by atoms with Crippen molar-refractivity contribution < 1.29 is 55.5 Å². The van der Waals surface area contributed by atoms with Gasteiger partial charge in [0.15, 0.2) is 8.32 Å². The lowest BCUT2D eigenvalue weighted by molar-refractivity contribution is -0.385. The maximum absolute atomic E-state index is 13.9. The lowest BCUT2D eigenvalue weighted by Crippen LogP contribution is -2.64. The van der Waals surface area contributed by atoms with Gasteiger partial charge >= 0.3 is 12.1 Å². The van der Waals surface area contributed by atoms with E-state index in [1.807, 2.05) is 33.5 Å². The van der Waals surface area contributed by atoms with Gasteiger partial charge in [-0.3, -0.25) is 34.0 Å². The van der Waals surface area contributed by atoms with Crippen molar-refractivity contribution in [1.29, 1.82) is 0 Å². The number of rotatable bonds is 17. The van der Waals surface area contributed by atoms with E-state index < -0.39 is 77.0 Å². The van der Waals surface area contributed by atoms with Crippen LogP contribution in [0.5, 0.6) is 0 Å². The quantitative estimate of drug-likeness (QED) is 0.0588. The van der Waals surface area contributed by atoms with E-state index in [-0.39, 0.29) is 66.9 Å². The first kappa shape index (κ1) is 44.2. The third kappa shape index (κ3) is 10.8. The molecule has 19 nitrogen and oxygen atoms in total. The summed E-state index contributed by atoms with van der Waals surface area (Å²) in [5.74, 6) is -2.69. The minimum atomic E-state index is -3.90. The number of esters is 1. The number of fused-ring (bicyclic) bond motifs is 1. The van der Waals surface area contributed by atoms with Gasteiger partial charge in [-0.05, 0) is 68.4 Å². The summed E-state index contributed by atoms with van der Waals surface area (Å²) in [5, 5.41) is 24.4. The lowest BCUT2D eigenvalue weighted by atomic mass is 9.79. The Labute approximate surface area is 339 Å². The van der Waals surface area contributed by atoms with E-state index in [1.54, 1.807) is 0 Å². The molecule has 0 aliphatic carbocycles. The number of thioether (sulfide) groups is 1. The molecule has 2 aromatic carbocycles. The first-order valence-electron chi connectivity index (χ1n) is 18.2. The summed E-state index contributed by atoms with van der Waals surface area (Å²) >= 11 is 1.30. The predicted octanol–water partition coefficient (Wildman–Crippen LogP) is 4.08. The van der Waals surface area contributed by atoms with Crippen LogP contribution in [0.25, 0.3) is 0 Å². The van der Waals surface area contributed by atoms with Crippen LogP contribution in [0.4, 0.5) is 16.2 Å². The van der Waals surface area contributed by atoms with Gasteiger partial charge in [0.05, 0.1) is 40.2 Å². The molecule has 2 fully saturated rings. The minimum absolute atomic E-state index is 0.0628. The third-order valence-electron chi connectivity index (χ3n) is 9.70. The number of nitrogens with one attached hydrogen (secondary N) is 1. The van der Waals surface area contributed by atoms with E-state index in [4.69, 9.17) is 13.9 Å². The molecular formula is C36H45N5O14S2Si. The van der Waals surface area contributed by atoms with Crippen molar-refractivity contribution in [3.05, 3.63) is 90.5 Å². The highest BCUT2D eigenvalue weighted by Crippen LogP contribution is 2.53. The first-order valence-corrected chi connectivity index (χ1v) is 24.3. The molecular weight excluding hydrogens is 819 g/mol. The molecule has 0 unspecified atom stereocenters. The summed E-state index contributed by atoms with van der Waals surface area (Å²) < 4.78 is 45.0. The Morgan fingerprint density at radius 1 is 0.966 bits per heavy atom. The fraction of sp³-hybridized carbons (Fsp3) is 0.500. The number of non-ortho nitro benzene ring substituents is 2. The van der Waals surface area contributed by atoms with E-state index in [1.165, 1.54) is 70.1 Å². The molecule has 3 aliphatic heterocycles. The van der Waals surface area contributed by atoms with Crippen molar-refractivity contribution >= 4 is 65.4 Å². The van der Waals surface area contributed by atoms with Crippen LogP contribution in [-0.2, 0) is 55.8 Å². The minimum Gasteiger partial charge on any atom is -0.456 e. The van der Waals surface area contributed by atoms with E-state index >= 15 is 0 Å². The molecule has 2 saturated heterocycles. The molecule has 22 heteroatoms. The second kappa shape index (κ2) is 17.9. The number of nitro groups is 2. The van der Waals surface area contributed by atoms with Crippen LogP contribution < -0.4 is 5.32 Å². The topological polar surface area (TPSA) is 244 Å². The molecule has 1 N–H and O–H groups in total. The highest BCUT2D eigenvalue weighted by Gasteiger charge is 2.61. The van der Waals surface area contributed by atoms with Gasteiger partial charge in [0.1, 0.15) is 25.5 Å². The van der Waals surface area contributed by atoms with Crippen molar-refractivity contribution in [3.8, 4) is 0 Å². The first-order chi connectivity index (χ1) is 27.1. The number of ether oxygens (including phenoxy) is 2. The number of benzene rings is 2. The zero-order chi connectivity index (χ0) is 42.7. The Bertz CT molecular complexity index is 2080. The number of amides is 3. The SMILES string of the molecule is C[C@@H](O[Si](C)(C)C)[C@H]1C(=O)N2C(C(=O)OCc3ccc([N+](=O)[O-])cc3)=C(S[C@H]3C[C@@H](CNC(=O)COS(C)(=O)=O)N(C(=O)OCc4ccc([N+](=O)[O-])cc4)C3)[C@H](C)[C@H]12. The van der Waals surface area contributed by atoms with Crippen molar-refractivity contribution in [2.45, 2.75) is 76.6 Å². The highest BCUT2D eigenvalue weighted by molar-refractivity contribution is 8.03. The number of carbonyl (C=O) groups excluding carboxylic acids is 4. The molecule has 0 bridgehead atoms. The molecule has 0 spiro atoms. The number of hydrogen-bond donors (Lipinski definition) is 1. The maximum Gasteiger partial charge on any atom is 0.410 e. The van der Waals surface area contributed by atoms with E-state index in [2.05, 4.69) is 9.50 Å². The molecule has 6 atom stereocenters. The third-order valence-corrected chi connectivity index (χ3v) is 12.8. The maximum atomic E-state index is 13.9. The average molecular weight is 864 g/mol. The molecule has 58 heavy (non-hydrogen) atoms. The number of hydrogen-bond acceptors (Lipinski definition) is 15. The second-order valence-electron chi connectivity index (χ2n) is 15.2. The zero-order valence-electron chi connectivity index (χ0n) is 32.6. The van der Waals surface area contributed by atoms with Gasteiger partial charge in [0.25, 0.3) is 21.5 Å². The van der Waals surface area contributed by atoms with Gasteiger partial charge in [-0.1, -0.05) is 6.92 Å². The molecule has 3 heterocycles. The van der Waals surface area contributed by atoms with Gasteiger partial charge in [0.2, 0.25) is 11.8 Å². The fourth-order valence-electron chi connectivity index (χ4n) is 7.16. The Kier molecular flexibility index (Phi) is 13.7. The van der Waals surface area contributed by atoms with Crippen LogP contribution in [0.15, 0.2) is 59.1 Å². The average Bonchev–Trinajstić information content (AvgIpc) is 3.66. The van der Waals surface area contributed by atoms with Crippen molar-refractivity contribution in [1.82, 2.24) is 15.1 Å². The number of likely N-dealkylation sites (tertiary alicyclic amines) is 1. The molecule has 0 aromatic heterocycles. The van der Waals surface area contributed by atoms with Crippen LogP contribution in [0, 0.1) is 32.1 Å². The normalized spacial score (nSPS) is 22.2. The van der Waals surface area contributed by atoms with Gasteiger partial charge in [-0.2, -0.15) is 8.42 Å². The van der Waals surface area contributed by atoms with Crippen LogP contribution in [0.3, 0.4) is 0 Å². The standard InChI is InChI=1S/C36H45N5O14S2Si/c1-21-31-30(22(2)55-58(4,5)6)34(43)39(31)32(35(44)52-18-23-7-11-25(12-8-23)40(46)47)33(21)56-28-15-27(16-37-29(42)20-54-57(3,50)51)38(17-28)36(45)53-19-24-9-13-26(14-10-24)41(48)49/h7-14,21-22,27-28,30-31H,15-20H2,1-6H3,(H,37,42)/t21-,22-,27+,28+,30-,31-/m1/s1. The van der Waals surface area contributed by atoms with Crippen molar-refractivity contribution in [2.24, 2.45) is 11.8 Å². The molecule has 5 rings (SSSR count). The van der Waals surface area contributed by atoms with E-state index in [0.29, 0.717) is 16.0 Å². The number of β-lactam (4-membered cyclic amide) rings is 1. The highest BCUT2D eigenvalue weighted by atomic mass is 32.2. The van der Waals surface area contributed by atoms with Gasteiger partial charge in [-0.25, -0.2) is 9.59 Å². The Hall–Kier alpha value is -4.90. The van der Waals surface area contributed by atoms with Crippen molar-refractivity contribution in [3.63, 3.8) is 0 Å². The summed E-state index contributed by atoms with van der Waals surface area (Å²) in [6.45, 7) is 8.59. The van der Waals surface area contributed by atoms with Gasteiger partial charge in [-0.15, -0.1) is 11.8 Å². The Balaban J connectivity index is 1.38. The second-order valence-corrected chi connectivity index (χ2v) is 22.6. The summed E-state index contributed by atoms with van der Waals surface area (Å²) in [4.78, 5) is 78.4. The van der Waals surface area contributed by atoms with E-state index in [0.717, 1.165) is 6.26 Å². The van der Waals surface area contributed by atoms with Gasteiger partial charge < -0.3 is 29.0 Å². The molecule has 2 aromatic rings. The molecule has 0 radical (unpaired) electrons. The summed E-state index contributed by atoms with van der Waals surface area (Å²) in [6.07, 6.45) is -0.0979. The zero-order valence-corrected chi connectivity index (χ0v) is 35.3. The molecule has 314 valence electrons. The van der Waals surface area contributed by atoms with Crippen LogP contribution >= 0.6 is 11.8 Å². The fourth-order valence-corrected chi connectivity index (χ4v) is 10.3. The number of carbonyl (C=O) groups is 4. The van der Waals surface area contributed by atoms with Crippen molar-refractivity contribution in [2.75, 3.05) is 26.0 Å². The number of nitro benzene ring substituents is 2. The van der Waals surface area contributed by atoms with Gasteiger partial charge in [0, 0.05) is 53.4 Å². The Morgan fingerprint density at radius 2 is 1.52 bits per heavy atom. The number of nitrogens with zero attached hydrogens (tertiary/aromatic N) is 4. The van der Waals surface area contributed by atoms with Crippen LogP contribution in [0.2, 0.25) is 19.6 Å². The van der Waals surface area contributed by atoms with Crippen LogP contribution in [-0.4, -0.2) is 110 Å². The summed E-state index contributed by atoms with van der Waals surface area (Å²) in [6, 6.07) is 9.92. The van der Waals surface area contributed by atoms with E-state index in [9.17, 15) is 47.8 Å². The van der Waals surface area contributed by atoms with Crippen LogP contribution in [0.1, 0.15) is 31.4 Å². The molecule has 3 aliphatic rings. The molecule has 3 amide bonds. The smallest absolute Gasteiger partial charge is 0.410 e. The Morgan fingerprint density at radius 3 is 2.03 bits per heavy atom. The monoisotopic (exact) mass is 863 g/mol. The predicted molar refractivity (Wildman–Crippen MR) is 211 cm³/mol. The lowest BCUT2D eigenvalue weighted by Gasteiger charge is -2.48. The molecule has 0 saturated carbocycles.